The van der Waals surface area contributed by atoms with Gasteiger partial charge in [0.25, 0.3) is 0 Å². The number of aromatic nitrogens is 4. The van der Waals surface area contributed by atoms with E-state index in [0.29, 0.717) is 23.6 Å². The van der Waals surface area contributed by atoms with Crippen LogP contribution in [-0.2, 0) is 10.2 Å². The van der Waals surface area contributed by atoms with E-state index in [1.165, 1.54) is 56.1 Å². The fourth-order valence-electron chi connectivity index (χ4n) is 8.62. The largest absolute Gasteiger partial charge is 0.358 e. The average Bonchev–Trinajstić information content (AvgIpc) is 3.60. The second-order valence-corrected chi connectivity index (χ2v) is 14.0. The van der Waals surface area contributed by atoms with Crippen LogP contribution in [0.1, 0.15) is 70.4 Å². The third-order valence-corrected chi connectivity index (χ3v) is 11.1. The van der Waals surface area contributed by atoms with Crippen LogP contribution in [0, 0.1) is 5.82 Å². The SMILES string of the molecule is CC(C)n1cnc2cc(-c3ccc4c(c3)N(C3CC(N5CCCCC5)C3)C(C=O)C43CCNCC3)nc(Nc3ccncc3F)c21. The van der Waals surface area contributed by atoms with Gasteiger partial charge in [-0.05, 0) is 102 Å². The summed E-state index contributed by atoms with van der Waals surface area (Å²) in [4.78, 5) is 32.0. The summed E-state index contributed by atoms with van der Waals surface area (Å²) < 4.78 is 16.8. The van der Waals surface area contributed by atoms with E-state index in [4.69, 9.17) is 9.97 Å². The summed E-state index contributed by atoms with van der Waals surface area (Å²) in [7, 11) is 0. The molecule has 1 spiro atoms. The molecule has 1 aliphatic carbocycles. The van der Waals surface area contributed by atoms with Gasteiger partial charge in [-0.1, -0.05) is 18.6 Å². The lowest BCUT2D eigenvalue weighted by atomic mass is 9.70. The molecule has 2 saturated heterocycles. The average molecular weight is 623 g/mol. The van der Waals surface area contributed by atoms with Crippen LogP contribution in [0.15, 0.2) is 49.1 Å². The molecule has 240 valence electrons. The highest BCUT2D eigenvalue weighted by atomic mass is 19.1. The van der Waals surface area contributed by atoms with Crippen LogP contribution < -0.4 is 15.5 Å². The molecule has 10 heteroatoms. The first-order valence-electron chi connectivity index (χ1n) is 17.0. The number of likely N-dealkylation sites (tertiary alicyclic amines) is 1. The summed E-state index contributed by atoms with van der Waals surface area (Å²) in [6, 6.07) is 11.2. The van der Waals surface area contributed by atoms with E-state index in [1.807, 2.05) is 12.4 Å². The molecule has 4 aromatic rings. The molecule has 46 heavy (non-hydrogen) atoms. The summed E-state index contributed by atoms with van der Waals surface area (Å²) in [6.07, 6.45) is 13.8. The summed E-state index contributed by atoms with van der Waals surface area (Å²) in [6.45, 7) is 8.42. The van der Waals surface area contributed by atoms with E-state index in [-0.39, 0.29) is 17.5 Å². The van der Waals surface area contributed by atoms with Crippen molar-refractivity contribution in [2.75, 3.05) is 36.4 Å². The number of hydrogen-bond donors (Lipinski definition) is 2. The highest BCUT2D eigenvalue weighted by molar-refractivity contribution is 5.92. The fraction of sp³-hybridized carbons (Fsp3) is 0.500. The van der Waals surface area contributed by atoms with E-state index in [0.717, 1.165) is 61.1 Å². The number of rotatable bonds is 7. The van der Waals surface area contributed by atoms with Gasteiger partial charge in [0.15, 0.2) is 11.6 Å². The number of hydrogen-bond acceptors (Lipinski definition) is 8. The Labute approximate surface area is 269 Å². The van der Waals surface area contributed by atoms with Gasteiger partial charge in [-0.15, -0.1) is 0 Å². The number of pyridine rings is 2. The Morgan fingerprint density at radius 3 is 2.61 bits per heavy atom. The maximum atomic E-state index is 14.8. The molecule has 2 N–H and O–H groups in total. The fourth-order valence-corrected chi connectivity index (χ4v) is 8.62. The molecule has 8 rings (SSSR count). The van der Waals surface area contributed by atoms with Gasteiger partial charge in [0.1, 0.15) is 11.8 Å². The second-order valence-electron chi connectivity index (χ2n) is 14.0. The van der Waals surface area contributed by atoms with Crippen molar-refractivity contribution in [1.29, 1.82) is 0 Å². The van der Waals surface area contributed by atoms with Crippen LogP contribution >= 0.6 is 0 Å². The van der Waals surface area contributed by atoms with E-state index in [2.05, 4.69) is 62.0 Å². The minimum absolute atomic E-state index is 0.145. The Balaban J connectivity index is 1.21. The molecule has 0 bridgehead atoms. The van der Waals surface area contributed by atoms with Gasteiger partial charge >= 0.3 is 0 Å². The molecule has 1 aromatic carbocycles. The maximum absolute atomic E-state index is 14.8. The van der Waals surface area contributed by atoms with Gasteiger partial charge in [-0.2, -0.15) is 0 Å². The monoisotopic (exact) mass is 622 g/mol. The number of halogens is 1. The number of imidazole rings is 1. The molecule has 3 fully saturated rings. The van der Waals surface area contributed by atoms with Crippen LogP contribution in [0.3, 0.4) is 0 Å². The van der Waals surface area contributed by atoms with Crippen molar-refractivity contribution < 1.29 is 9.18 Å². The highest BCUT2D eigenvalue weighted by Crippen LogP contribution is 2.53. The number of nitrogens with zero attached hydrogens (tertiary/aromatic N) is 6. The summed E-state index contributed by atoms with van der Waals surface area (Å²) in [5, 5.41) is 6.78. The lowest BCUT2D eigenvalue weighted by Gasteiger charge is -2.50. The first-order chi connectivity index (χ1) is 22.5. The molecule has 0 radical (unpaired) electrons. The van der Waals surface area contributed by atoms with E-state index in [1.54, 1.807) is 12.3 Å². The summed E-state index contributed by atoms with van der Waals surface area (Å²) in [5.74, 6) is 0.104. The van der Waals surface area contributed by atoms with Gasteiger partial charge in [-0.3, -0.25) is 4.98 Å². The molecule has 6 heterocycles. The van der Waals surface area contributed by atoms with Crippen molar-refractivity contribution in [2.45, 2.75) is 88.4 Å². The maximum Gasteiger partial charge on any atom is 0.164 e. The van der Waals surface area contributed by atoms with Crippen LogP contribution in [0.25, 0.3) is 22.3 Å². The molecule has 3 aromatic heterocycles. The van der Waals surface area contributed by atoms with E-state index in [9.17, 15) is 9.18 Å². The highest BCUT2D eigenvalue weighted by Gasteiger charge is 2.55. The molecule has 1 atom stereocenters. The number of carbonyl (C=O) groups excluding carboxylic acids is 1. The third kappa shape index (κ3) is 4.80. The Morgan fingerprint density at radius 2 is 1.87 bits per heavy atom. The summed E-state index contributed by atoms with van der Waals surface area (Å²) in [5.41, 5.74) is 5.92. The van der Waals surface area contributed by atoms with E-state index < -0.39 is 5.82 Å². The number of fused-ring (bicyclic) bond motifs is 3. The molecule has 1 unspecified atom stereocenters. The standard InChI is InChI=1S/C36H43FN8O/c1-23(2)44-22-40-31-19-30(42-35(34(31)44)41-29-8-11-39-20-28(29)37)24-6-7-27-32(16-24)45(33(21-46)36(27)9-12-38-13-10-36)26-17-25(18-26)43-14-4-3-5-15-43/h6-8,11,16,19-23,25-26,33,38H,3-5,9-10,12-15,17-18H2,1-2H3,(H,39,41,42). The van der Waals surface area contributed by atoms with Gasteiger partial charge in [0.05, 0.1) is 35.5 Å². The molecule has 9 nitrogen and oxygen atoms in total. The Kier molecular flexibility index (Phi) is 7.52. The zero-order chi connectivity index (χ0) is 31.4. The second kappa shape index (κ2) is 11.7. The predicted molar refractivity (Wildman–Crippen MR) is 179 cm³/mol. The molecular formula is C36H43FN8O. The van der Waals surface area contributed by atoms with Gasteiger partial charge in [0.2, 0.25) is 0 Å². The predicted octanol–water partition coefficient (Wildman–Crippen LogP) is 5.98. The van der Waals surface area contributed by atoms with Crippen molar-refractivity contribution in [3.63, 3.8) is 0 Å². The Hall–Kier alpha value is -3.89. The lowest BCUT2D eigenvalue weighted by molar-refractivity contribution is -0.110. The molecule has 1 saturated carbocycles. The number of aldehydes is 1. The number of anilines is 3. The first-order valence-corrected chi connectivity index (χ1v) is 17.0. The minimum atomic E-state index is -0.442. The Bertz CT molecular complexity index is 1750. The van der Waals surface area contributed by atoms with Crippen LogP contribution in [0.2, 0.25) is 0 Å². The molecule has 0 amide bonds. The van der Waals surface area contributed by atoms with Crippen molar-refractivity contribution in [3.8, 4) is 11.3 Å². The molecule has 3 aliphatic heterocycles. The quantitative estimate of drug-likeness (QED) is 0.243. The van der Waals surface area contributed by atoms with Crippen molar-refractivity contribution >= 4 is 34.5 Å². The van der Waals surface area contributed by atoms with Crippen molar-refractivity contribution in [2.24, 2.45) is 0 Å². The zero-order valence-corrected chi connectivity index (χ0v) is 26.8. The number of piperidine rings is 2. The van der Waals surface area contributed by atoms with Crippen LogP contribution in [-0.4, -0.2) is 75.0 Å². The Morgan fingerprint density at radius 1 is 1.07 bits per heavy atom. The summed E-state index contributed by atoms with van der Waals surface area (Å²) >= 11 is 0. The minimum Gasteiger partial charge on any atom is -0.358 e. The first kappa shape index (κ1) is 29.5. The van der Waals surface area contributed by atoms with Crippen LogP contribution in [0.5, 0.6) is 0 Å². The third-order valence-electron chi connectivity index (χ3n) is 11.1. The van der Waals surface area contributed by atoms with Gasteiger partial charge < -0.3 is 29.8 Å². The normalized spacial score (nSPS) is 24.3. The number of carbonyl (C=O) groups is 1. The smallest absolute Gasteiger partial charge is 0.164 e. The molecule has 4 aliphatic rings. The van der Waals surface area contributed by atoms with Crippen molar-refractivity contribution in [3.05, 3.63) is 60.4 Å². The van der Waals surface area contributed by atoms with Gasteiger partial charge in [0, 0.05) is 41.0 Å². The topological polar surface area (TPSA) is 91.2 Å². The zero-order valence-electron chi connectivity index (χ0n) is 26.8. The molecular weight excluding hydrogens is 579 g/mol. The van der Waals surface area contributed by atoms with Gasteiger partial charge in [-0.25, -0.2) is 14.4 Å². The number of benzene rings is 1. The van der Waals surface area contributed by atoms with E-state index >= 15 is 0 Å². The lowest BCUT2D eigenvalue weighted by Crippen LogP contribution is -2.60. The van der Waals surface area contributed by atoms with Crippen molar-refractivity contribution in [1.82, 2.24) is 29.7 Å². The van der Waals surface area contributed by atoms with Crippen LogP contribution in [0.4, 0.5) is 21.6 Å². The number of nitrogens with one attached hydrogen (secondary N) is 2.